The van der Waals surface area contributed by atoms with Crippen LogP contribution in [0, 0.1) is 6.92 Å². The Bertz CT molecular complexity index is 765. The largest absolute Gasteiger partial charge is 0.470 e. The first kappa shape index (κ1) is 15.1. The van der Waals surface area contributed by atoms with Gasteiger partial charge < -0.3 is 20.8 Å². The van der Waals surface area contributed by atoms with Crippen LogP contribution in [0.15, 0.2) is 42.5 Å². The van der Waals surface area contributed by atoms with Crippen LogP contribution >= 0.6 is 0 Å². The molecule has 1 aliphatic heterocycles. The summed E-state index contributed by atoms with van der Waals surface area (Å²) in [6.45, 7) is 3.35. The topological polar surface area (TPSA) is 99.4 Å². The van der Waals surface area contributed by atoms with E-state index < -0.39 is 5.91 Å². The molecule has 0 saturated carbocycles. The smallest absolute Gasteiger partial charge is 0.269 e. The van der Waals surface area contributed by atoms with Crippen molar-refractivity contribution in [3.8, 4) is 0 Å². The number of aryl methyl sites for hydroxylation is 1. The van der Waals surface area contributed by atoms with Crippen LogP contribution in [0.4, 0.5) is 5.82 Å². The van der Waals surface area contributed by atoms with Crippen LogP contribution in [-0.2, 0) is 16.1 Å². The number of rotatable bonds is 5. The first-order valence-corrected chi connectivity index (χ1v) is 7.33. The van der Waals surface area contributed by atoms with E-state index in [1.54, 1.807) is 11.2 Å². The average molecular weight is 313 g/mol. The van der Waals surface area contributed by atoms with Gasteiger partial charge in [-0.2, -0.15) is 0 Å². The zero-order valence-electron chi connectivity index (χ0n) is 12.9. The van der Waals surface area contributed by atoms with E-state index in [-0.39, 0.29) is 6.73 Å². The molecule has 4 N–H and O–H groups in total. The van der Waals surface area contributed by atoms with Crippen LogP contribution in [0.25, 0.3) is 5.76 Å². The van der Waals surface area contributed by atoms with Crippen LogP contribution in [0.3, 0.4) is 0 Å². The van der Waals surface area contributed by atoms with Crippen LogP contribution in [0.1, 0.15) is 11.1 Å². The molecule has 0 saturated heterocycles. The van der Waals surface area contributed by atoms with Crippen LogP contribution in [0.2, 0.25) is 0 Å². The minimum absolute atomic E-state index is 0.196. The van der Waals surface area contributed by atoms with E-state index in [0.717, 1.165) is 11.1 Å². The van der Waals surface area contributed by atoms with Crippen LogP contribution in [-0.4, -0.2) is 28.7 Å². The highest BCUT2D eigenvalue weighted by Gasteiger charge is 2.31. The maximum Gasteiger partial charge on any atom is 0.269 e. The fourth-order valence-electron chi connectivity index (χ4n) is 2.58. The van der Waals surface area contributed by atoms with Crippen LogP contribution in [0.5, 0.6) is 0 Å². The molecule has 1 amide bonds. The number of carbonyl (C=O) groups excluding carboxylic acids is 1. The zero-order chi connectivity index (χ0) is 16.4. The Kier molecular flexibility index (Phi) is 4.03. The Balaban J connectivity index is 2.00. The van der Waals surface area contributed by atoms with Gasteiger partial charge in [-0.05, 0) is 13.0 Å². The fraction of sp³-hybridized carbons (Fsp3) is 0.250. The molecule has 120 valence electrons. The Labute approximate surface area is 134 Å². The first-order valence-electron chi connectivity index (χ1n) is 7.33. The van der Waals surface area contributed by atoms with E-state index in [0.29, 0.717) is 30.4 Å². The summed E-state index contributed by atoms with van der Waals surface area (Å²) in [4.78, 5) is 18.0. The van der Waals surface area contributed by atoms with Gasteiger partial charge in [0.15, 0.2) is 24.0 Å². The van der Waals surface area contributed by atoms with E-state index >= 15 is 0 Å². The molecule has 7 nitrogen and oxygen atoms in total. The van der Waals surface area contributed by atoms with E-state index in [9.17, 15) is 4.79 Å². The van der Waals surface area contributed by atoms with E-state index in [1.807, 2.05) is 42.0 Å². The van der Waals surface area contributed by atoms with Crippen molar-refractivity contribution in [1.29, 1.82) is 0 Å². The fourth-order valence-corrected chi connectivity index (χ4v) is 2.58. The highest BCUT2D eigenvalue weighted by molar-refractivity contribution is 6.03. The van der Waals surface area contributed by atoms with Crippen molar-refractivity contribution in [3.05, 3.63) is 53.6 Å². The molecule has 0 aliphatic carbocycles. The number of primary amides is 1. The number of imidazole rings is 1. The summed E-state index contributed by atoms with van der Waals surface area (Å²) in [6.07, 6.45) is 3.49. The molecule has 0 spiro atoms. The second-order valence-electron chi connectivity index (χ2n) is 5.37. The number of hydrogen-bond acceptors (Lipinski definition) is 5. The maximum atomic E-state index is 12.0. The van der Waals surface area contributed by atoms with Crippen molar-refractivity contribution in [1.82, 2.24) is 9.55 Å². The van der Waals surface area contributed by atoms with Crippen molar-refractivity contribution >= 4 is 17.5 Å². The lowest BCUT2D eigenvalue weighted by Gasteiger charge is -2.14. The van der Waals surface area contributed by atoms with Gasteiger partial charge in [-0.15, -0.1) is 0 Å². The summed E-state index contributed by atoms with van der Waals surface area (Å²) in [5.74, 6) is 0.539. The molecule has 23 heavy (non-hydrogen) atoms. The molecule has 0 fully saturated rings. The van der Waals surface area contributed by atoms with Crippen molar-refractivity contribution in [2.24, 2.45) is 11.5 Å². The van der Waals surface area contributed by atoms with Crippen molar-refractivity contribution in [3.63, 3.8) is 0 Å². The number of aromatic nitrogens is 2. The molecular formula is C16H19N5O2. The lowest BCUT2D eigenvalue weighted by Crippen LogP contribution is -2.29. The van der Waals surface area contributed by atoms with Gasteiger partial charge in [0.1, 0.15) is 0 Å². The quantitative estimate of drug-likeness (QED) is 0.850. The second kappa shape index (κ2) is 6.13. The van der Waals surface area contributed by atoms with Gasteiger partial charge in [-0.25, -0.2) is 4.98 Å². The highest BCUT2D eigenvalue weighted by Crippen LogP contribution is 2.32. The van der Waals surface area contributed by atoms with Gasteiger partial charge in [0.25, 0.3) is 5.91 Å². The predicted octanol–water partition coefficient (Wildman–Crippen LogP) is 0.798. The van der Waals surface area contributed by atoms with Gasteiger partial charge in [-0.3, -0.25) is 9.69 Å². The number of benzene rings is 1. The number of nitrogens with two attached hydrogens (primary N) is 2. The number of hydrogen-bond donors (Lipinski definition) is 2. The minimum Gasteiger partial charge on any atom is -0.470 e. The molecule has 0 bridgehead atoms. The van der Waals surface area contributed by atoms with E-state index in [1.165, 1.54) is 0 Å². The standard InChI is InChI=1S/C16H19N5O2/c1-11-3-2-4-12(7-11)15-14(16(18)22)21(10-23-15)13-8-20(6-5-17)9-19-13/h2-4,7-9H,5-6,10,17H2,1H3,(H2,18,22). The van der Waals surface area contributed by atoms with Gasteiger partial charge in [0.2, 0.25) is 0 Å². The number of carbonyl (C=O) groups is 1. The lowest BCUT2D eigenvalue weighted by atomic mass is 10.1. The second-order valence-corrected chi connectivity index (χ2v) is 5.37. The first-order chi connectivity index (χ1) is 11.1. The van der Waals surface area contributed by atoms with Crippen LogP contribution < -0.4 is 16.4 Å². The Morgan fingerprint density at radius 1 is 1.43 bits per heavy atom. The third-order valence-corrected chi connectivity index (χ3v) is 3.62. The van der Waals surface area contributed by atoms with E-state index in [2.05, 4.69) is 4.98 Å². The third-order valence-electron chi connectivity index (χ3n) is 3.62. The van der Waals surface area contributed by atoms with Gasteiger partial charge in [0, 0.05) is 24.8 Å². The third kappa shape index (κ3) is 2.91. The number of anilines is 1. The number of ether oxygens (including phenoxy) is 1. The molecule has 0 atom stereocenters. The minimum atomic E-state index is -0.549. The lowest BCUT2D eigenvalue weighted by molar-refractivity contribution is -0.114. The molecule has 1 aromatic heterocycles. The van der Waals surface area contributed by atoms with Gasteiger partial charge in [-0.1, -0.05) is 23.8 Å². The molecule has 1 aliphatic rings. The summed E-state index contributed by atoms with van der Waals surface area (Å²) in [5.41, 5.74) is 13.3. The summed E-state index contributed by atoms with van der Waals surface area (Å²) in [5, 5.41) is 0. The Hall–Kier alpha value is -2.80. The van der Waals surface area contributed by atoms with Gasteiger partial charge in [0.05, 0.1) is 6.33 Å². The normalized spacial score (nSPS) is 14.3. The summed E-state index contributed by atoms with van der Waals surface area (Å²) < 4.78 is 7.59. The molecular weight excluding hydrogens is 294 g/mol. The molecule has 2 aromatic rings. The summed E-state index contributed by atoms with van der Waals surface area (Å²) in [6, 6.07) is 7.74. The molecule has 0 radical (unpaired) electrons. The van der Waals surface area contributed by atoms with Crippen molar-refractivity contribution < 1.29 is 9.53 Å². The molecule has 2 heterocycles. The zero-order valence-corrected chi connectivity index (χ0v) is 12.9. The number of nitrogens with zero attached hydrogens (tertiary/aromatic N) is 3. The van der Waals surface area contributed by atoms with Crippen molar-refractivity contribution in [2.75, 3.05) is 18.2 Å². The average Bonchev–Trinajstić information content (AvgIpc) is 3.13. The SMILES string of the molecule is Cc1cccc(C2=C(C(N)=O)N(c3cn(CCN)cn3)CO2)c1. The Morgan fingerprint density at radius 2 is 2.26 bits per heavy atom. The van der Waals surface area contributed by atoms with E-state index in [4.69, 9.17) is 16.2 Å². The Morgan fingerprint density at radius 3 is 2.96 bits per heavy atom. The molecule has 0 unspecified atom stereocenters. The monoisotopic (exact) mass is 313 g/mol. The van der Waals surface area contributed by atoms with Crippen molar-refractivity contribution in [2.45, 2.75) is 13.5 Å². The van der Waals surface area contributed by atoms with Gasteiger partial charge >= 0.3 is 0 Å². The molecule has 7 heteroatoms. The highest BCUT2D eigenvalue weighted by atomic mass is 16.5. The molecule has 1 aromatic carbocycles. The maximum absolute atomic E-state index is 12.0. The summed E-state index contributed by atoms with van der Waals surface area (Å²) in [7, 11) is 0. The summed E-state index contributed by atoms with van der Waals surface area (Å²) >= 11 is 0. The predicted molar refractivity (Wildman–Crippen MR) is 87.0 cm³/mol. The molecule has 3 rings (SSSR count). The number of amides is 1.